The van der Waals surface area contributed by atoms with Crippen molar-refractivity contribution < 1.29 is 28.6 Å². The van der Waals surface area contributed by atoms with Crippen LogP contribution in [0, 0.1) is 5.92 Å². The molecule has 6 nitrogen and oxygen atoms in total. The molecule has 0 unspecified atom stereocenters. The van der Waals surface area contributed by atoms with Crippen LogP contribution in [0.25, 0.3) is 0 Å². The van der Waals surface area contributed by atoms with Gasteiger partial charge < -0.3 is 14.2 Å². The van der Waals surface area contributed by atoms with Crippen molar-refractivity contribution in [3.05, 3.63) is 0 Å². The van der Waals surface area contributed by atoms with E-state index in [9.17, 15) is 14.4 Å². The summed E-state index contributed by atoms with van der Waals surface area (Å²) in [4.78, 5) is 37.9. The van der Waals surface area contributed by atoms with Crippen LogP contribution >= 0.6 is 0 Å². The molecule has 0 N–H and O–H groups in total. The highest BCUT2D eigenvalue weighted by Gasteiger charge is 2.19. The van der Waals surface area contributed by atoms with Gasteiger partial charge in [-0.1, -0.05) is 246 Å². The maximum Gasteiger partial charge on any atom is 0.306 e. The van der Waals surface area contributed by atoms with Crippen LogP contribution in [0.2, 0.25) is 0 Å². The van der Waals surface area contributed by atoms with E-state index < -0.39 is 6.10 Å². The number of hydrogen-bond acceptors (Lipinski definition) is 6. The van der Waals surface area contributed by atoms with Crippen LogP contribution in [-0.4, -0.2) is 37.2 Å². The van der Waals surface area contributed by atoms with Gasteiger partial charge in [0, 0.05) is 19.3 Å². The molecule has 0 spiro atoms. The fraction of sp³-hybridized carbons (Fsp3) is 0.941. The topological polar surface area (TPSA) is 78.9 Å². The van der Waals surface area contributed by atoms with Crippen molar-refractivity contribution in [1.82, 2.24) is 0 Å². The SMILES string of the molecule is CCCCCCCCCCCCCCCCC(=O)OC[C@@H](COC(=O)CCCCCCCCCCCC)OC(=O)CCCCCCCCCCCCCCC(C)C. The lowest BCUT2D eigenvalue weighted by atomic mass is 10.0. The standard InChI is InChI=1S/C51H98O6/c1-5-7-9-11-13-15-17-18-19-23-27-31-35-39-43-50(53)56-46-48(45-55-49(52)42-38-34-30-26-16-14-12-10-8-6-2)57-51(54)44-40-36-32-28-24-21-20-22-25-29-33-37-41-47(3)4/h47-48H,5-46H2,1-4H3/t48-/m1/s1. The van der Waals surface area contributed by atoms with E-state index in [0.29, 0.717) is 19.3 Å². The molecule has 0 heterocycles. The second-order valence-corrected chi connectivity index (χ2v) is 17.9. The van der Waals surface area contributed by atoms with Gasteiger partial charge >= 0.3 is 17.9 Å². The van der Waals surface area contributed by atoms with Gasteiger partial charge in [0.1, 0.15) is 13.2 Å². The lowest BCUT2D eigenvalue weighted by Gasteiger charge is -2.18. The minimum Gasteiger partial charge on any atom is -0.462 e. The van der Waals surface area contributed by atoms with Crippen LogP contribution in [0.3, 0.4) is 0 Å². The van der Waals surface area contributed by atoms with Gasteiger partial charge in [-0.3, -0.25) is 14.4 Å². The van der Waals surface area contributed by atoms with Crippen molar-refractivity contribution in [2.45, 2.75) is 291 Å². The van der Waals surface area contributed by atoms with E-state index in [2.05, 4.69) is 27.7 Å². The third-order valence-corrected chi connectivity index (χ3v) is 11.5. The largest absolute Gasteiger partial charge is 0.462 e. The van der Waals surface area contributed by atoms with Gasteiger partial charge in [0.15, 0.2) is 6.10 Å². The van der Waals surface area contributed by atoms with Crippen molar-refractivity contribution in [2.24, 2.45) is 5.92 Å². The summed E-state index contributed by atoms with van der Waals surface area (Å²) in [6, 6.07) is 0. The highest BCUT2D eigenvalue weighted by molar-refractivity contribution is 5.71. The van der Waals surface area contributed by atoms with E-state index in [4.69, 9.17) is 14.2 Å². The summed E-state index contributed by atoms with van der Waals surface area (Å²) in [6.45, 7) is 9.01. The zero-order valence-electron chi connectivity index (χ0n) is 38.8. The van der Waals surface area contributed by atoms with E-state index in [1.54, 1.807) is 0 Å². The van der Waals surface area contributed by atoms with Gasteiger partial charge in [-0.2, -0.15) is 0 Å². The van der Waals surface area contributed by atoms with E-state index in [0.717, 1.165) is 63.7 Å². The molecule has 1 atom stereocenters. The Hall–Kier alpha value is -1.59. The second kappa shape index (κ2) is 45.5. The Balaban J connectivity index is 4.29. The normalized spacial score (nSPS) is 11.9. The zero-order chi connectivity index (χ0) is 41.7. The molecule has 0 amide bonds. The van der Waals surface area contributed by atoms with Crippen LogP contribution in [0.5, 0.6) is 0 Å². The quantitative estimate of drug-likeness (QED) is 0.0346. The van der Waals surface area contributed by atoms with Crippen molar-refractivity contribution >= 4 is 17.9 Å². The first kappa shape index (κ1) is 55.4. The molecule has 0 aromatic rings. The summed E-state index contributed by atoms with van der Waals surface area (Å²) >= 11 is 0. The molecule has 0 aliphatic heterocycles. The Kier molecular flexibility index (Phi) is 44.2. The summed E-state index contributed by atoms with van der Waals surface area (Å²) in [5.74, 6) is -0.0146. The fourth-order valence-electron chi connectivity index (χ4n) is 7.69. The number of ether oxygens (including phenoxy) is 3. The number of rotatable bonds is 46. The summed E-state index contributed by atoms with van der Waals surface area (Å²) in [5.41, 5.74) is 0. The number of carbonyl (C=O) groups is 3. The molecule has 0 fully saturated rings. The minimum atomic E-state index is -0.760. The second-order valence-electron chi connectivity index (χ2n) is 17.9. The molecular weight excluding hydrogens is 709 g/mol. The Labute approximate surface area is 355 Å². The molecule has 0 bridgehead atoms. The highest BCUT2D eigenvalue weighted by atomic mass is 16.6. The Morgan fingerprint density at radius 3 is 0.860 bits per heavy atom. The summed E-state index contributed by atoms with van der Waals surface area (Å²) in [5, 5.41) is 0. The molecule has 0 aliphatic carbocycles. The molecule has 0 saturated heterocycles. The summed E-state index contributed by atoms with van der Waals surface area (Å²) < 4.78 is 16.8. The monoisotopic (exact) mass is 807 g/mol. The summed E-state index contributed by atoms with van der Waals surface area (Å²) in [6.07, 6.45) is 46.5. The van der Waals surface area contributed by atoms with Gasteiger partial charge in [-0.05, 0) is 25.2 Å². The fourth-order valence-corrected chi connectivity index (χ4v) is 7.69. The molecule has 0 aromatic carbocycles. The first-order valence-corrected chi connectivity index (χ1v) is 25.4. The van der Waals surface area contributed by atoms with E-state index in [1.807, 2.05) is 0 Å². The maximum absolute atomic E-state index is 12.8. The predicted molar refractivity (Wildman–Crippen MR) is 243 cm³/mol. The Morgan fingerprint density at radius 1 is 0.333 bits per heavy atom. The predicted octanol–water partition coefficient (Wildman–Crippen LogP) is 16.3. The van der Waals surface area contributed by atoms with Gasteiger partial charge in [0.2, 0.25) is 0 Å². The number of hydrogen-bond donors (Lipinski definition) is 0. The summed E-state index contributed by atoms with van der Waals surface area (Å²) in [7, 11) is 0. The number of carbonyl (C=O) groups excluding carboxylic acids is 3. The molecule has 0 radical (unpaired) electrons. The van der Waals surface area contributed by atoms with E-state index in [1.165, 1.54) is 180 Å². The molecule has 0 saturated carbocycles. The molecular formula is C51H98O6. The molecule has 338 valence electrons. The molecule has 0 rings (SSSR count). The Morgan fingerprint density at radius 2 is 0.579 bits per heavy atom. The van der Waals surface area contributed by atoms with Gasteiger partial charge in [0.25, 0.3) is 0 Å². The molecule has 6 heteroatoms. The molecule has 0 aromatic heterocycles. The lowest BCUT2D eigenvalue weighted by Crippen LogP contribution is -2.30. The van der Waals surface area contributed by atoms with Crippen LogP contribution in [-0.2, 0) is 28.6 Å². The van der Waals surface area contributed by atoms with E-state index >= 15 is 0 Å². The average Bonchev–Trinajstić information content (AvgIpc) is 3.19. The molecule has 0 aliphatic rings. The van der Waals surface area contributed by atoms with Crippen LogP contribution < -0.4 is 0 Å². The van der Waals surface area contributed by atoms with Gasteiger partial charge in [-0.25, -0.2) is 0 Å². The average molecular weight is 807 g/mol. The zero-order valence-corrected chi connectivity index (χ0v) is 38.8. The third-order valence-electron chi connectivity index (χ3n) is 11.5. The van der Waals surface area contributed by atoms with E-state index in [-0.39, 0.29) is 31.1 Å². The van der Waals surface area contributed by atoms with Gasteiger partial charge in [-0.15, -0.1) is 0 Å². The Bertz CT molecular complexity index is 857. The first-order valence-electron chi connectivity index (χ1n) is 25.4. The first-order chi connectivity index (χ1) is 27.9. The maximum atomic E-state index is 12.8. The van der Waals surface area contributed by atoms with Crippen LogP contribution in [0.4, 0.5) is 0 Å². The highest BCUT2D eigenvalue weighted by Crippen LogP contribution is 2.17. The lowest BCUT2D eigenvalue weighted by molar-refractivity contribution is -0.167. The van der Waals surface area contributed by atoms with Crippen molar-refractivity contribution in [2.75, 3.05) is 13.2 Å². The third kappa shape index (κ3) is 45.3. The van der Waals surface area contributed by atoms with Gasteiger partial charge in [0.05, 0.1) is 0 Å². The van der Waals surface area contributed by atoms with Crippen molar-refractivity contribution in [1.29, 1.82) is 0 Å². The number of unbranched alkanes of at least 4 members (excludes halogenated alkanes) is 33. The number of esters is 3. The van der Waals surface area contributed by atoms with Crippen LogP contribution in [0.1, 0.15) is 285 Å². The molecule has 57 heavy (non-hydrogen) atoms. The van der Waals surface area contributed by atoms with Crippen molar-refractivity contribution in [3.8, 4) is 0 Å². The minimum absolute atomic E-state index is 0.0628. The van der Waals surface area contributed by atoms with Crippen molar-refractivity contribution in [3.63, 3.8) is 0 Å². The smallest absolute Gasteiger partial charge is 0.306 e. The van der Waals surface area contributed by atoms with Crippen LogP contribution in [0.15, 0.2) is 0 Å².